The van der Waals surface area contributed by atoms with Crippen LogP contribution >= 0.6 is 0 Å². The van der Waals surface area contributed by atoms with Gasteiger partial charge in [0.05, 0.1) is 11.9 Å². The van der Waals surface area contributed by atoms with Crippen LogP contribution in [0.25, 0.3) is 0 Å². The monoisotopic (exact) mass is 501 g/mol. The van der Waals surface area contributed by atoms with Gasteiger partial charge in [0.25, 0.3) is 0 Å². The first kappa shape index (κ1) is 28.4. The maximum absolute atomic E-state index is 13.4. The summed E-state index contributed by atoms with van der Waals surface area (Å²) in [5, 5.41) is 2.84. The van der Waals surface area contributed by atoms with E-state index in [-0.39, 0.29) is 24.8 Å². The van der Waals surface area contributed by atoms with Gasteiger partial charge in [0.1, 0.15) is 6.04 Å². The van der Waals surface area contributed by atoms with E-state index in [2.05, 4.69) is 5.32 Å². The number of aryl methyl sites for hydroxylation is 2. The summed E-state index contributed by atoms with van der Waals surface area (Å²) in [4.78, 5) is 27.8. The van der Waals surface area contributed by atoms with E-state index in [1.54, 1.807) is 11.0 Å². The summed E-state index contributed by atoms with van der Waals surface area (Å²) in [6.45, 7) is 10.6. The Morgan fingerprint density at radius 1 is 1.03 bits per heavy atom. The number of carbonyl (C=O) groups excluding carboxylic acids is 2. The third kappa shape index (κ3) is 7.82. The van der Waals surface area contributed by atoms with Crippen molar-refractivity contribution in [3.63, 3.8) is 0 Å². The number of amides is 2. The number of benzene rings is 2. The third-order valence-corrected chi connectivity index (χ3v) is 7.35. The molecule has 35 heavy (non-hydrogen) atoms. The van der Waals surface area contributed by atoms with Crippen LogP contribution in [-0.2, 0) is 26.2 Å². The van der Waals surface area contributed by atoms with Crippen molar-refractivity contribution in [2.45, 2.75) is 66.5 Å². The molecule has 0 aliphatic carbocycles. The molecule has 1 atom stereocenters. The van der Waals surface area contributed by atoms with Gasteiger partial charge in [0.2, 0.25) is 21.8 Å². The van der Waals surface area contributed by atoms with E-state index >= 15 is 0 Å². The third-order valence-electron chi connectivity index (χ3n) is 6.17. The number of rotatable bonds is 12. The highest BCUT2D eigenvalue weighted by atomic mass is 32.2. The Balaban J connectivity index is 2.24. The van der Waals surface area contributed by atoms with E-state index in [1.165, 1.54) is 10.6 Å². The lowest BCUT2D eigenvalue weighted by Crippen LogP contribution is -2.49. The van der Waals surface area contributed by atoms with E-state index in [0.29, 0.717) is 31.6 Å². The fourth-order valence-electron chi connectivity index (χ4n) is 4.21. The summed E-state index contributed by atoms with van der Waals surface area (Å²) >= 11 is 0. The van der Waals surface area contributed by atoms with Crippen LogP contribution in [0.3, 0.4) is 0 Å². The SMILES string of the molecule is CCNC(=O)C(CC)N(Cc1cccc(C)c1)C(=O)CCCN(c1cccc(C)c1C)S(C)(=O)=O. The van der Waals surface area contributed by atoms with E-state index in [0.717, 1.165) is 22.3 Å². The Hall–Kier alpha value is -2.87. The molecule has 2 amide bonds. The van der Waals surface area contributed by atoms with Gasteiger partial charge in [-0.2, -0.15) is 0 Å². The molecule has 0 saturated heterocycles. The Labute approximate surface area is 210 Å². The van der Waals surface area contributed by atoms with Crippen molar-refractivity contribution in [2.75, 3.05) is 23.7 Å². The second kappa shape index (κ2) is 12.7. The van der Waals surface area contributed by atoms with Gasteiger partial charge in [-0.3, -0.25) is 13.9 Å². The second-order valence-electron chi connectivity index (χ2n) is 8.99. The number of nitrogens with zero attached hydrogens (tertiary/aromatic N) is 2. The molecular formula is C27H39N3O4S. The first-order valence-corrected chi connectivity index (χ1v) is 14.0. The molecule has 8 heteroatoms. The van der Waals surface area contributed by atoms with E-state index in [9.17, 15) is 18.0 Å². The van der Waals surface area contributed by atoms with Crippen molar-refractivity contribution >= 4 is 27.5 Å². The van der Waals surface area contributed by atoms with Crippen molar-refractivity contribution < 1.29 is 18.0 Å². The summed E-state index contributed by atoms with van der Waals surface area (Å²) in [6, 6.07) is 12.9. The van der Waals surface area contributed by atoms with Crippen molar-refractivity contribution in [3.8, 4) is 0 Å². The predicted octanol–water partition coefficient (Wildman–Crippen LogP) is 4.10. The van der Waals surface area contributed by atoms with Crippen LogP contribution in [0.2, 0.25) is 0 Å². The van der Waals surface area contributed by atoms with Gasteiger partial charge in [-0.05, 0) is 63.3 Å². The minimum absolute atomic E-state index is 0.138. The Morgan fingerprint density at radius 2 is 1.71 bits per heavy atom. The van der Waals surface area contributed by atoms with E-state index in [4.69, 9.17) is 0 Å². The summed E-state index contributed by atoms with van der Waals surface area (Å²) in [6.07, 6.45) is 2.15. The molecular weight excluding hydrogens is 462 g/mol. The van der Waals surface area contributed by atoms with Gasteiger partial charge in [-0.15, -0.1) is 0 Å². The summed E-state index contributed by atoms with van der Waals surface area (Å²) in [5.74, 6) is -0.344. The first-order chi connectivity index (χ1) is 16.5. The number of nitrogens with one attached hydrogen (secondary N) is 1. The van der Waals surface area contributed by atoms with Crippen molar-refractivity contribution in [1.29, 1.82) is 0 Å². The van der Waals surface area contributed by atoms with Gasteiger partial charge in [-0.25, -0.2) is 8.42 Å². The Bertz CT molecular complexity index is 1130. The number of hydrogen-bond donors (Lipinski definition) is 1. The molecule has 2 aromatic carbocycles. The quantitative estimate of drug-likeness (QED) is 0.474. The first-order valence-electron chi connectivity index (χ1n) is 12.2. The number of sulfonamides is 1. The fourth-order valence-corrected chi connectivity index (χ4v) is 5.22. The lowest BCUT2D eigenvalue weighted by atomic mass is 10.1. The molecule has 0 bridgehead atoms. The molecule has 0 aromatic heterocycles. The summed E-state index contributed by atoms with van der Waals surface area (Å²) < 4.78 is 26.5. The summed E-state index contributed by atoms with van der Waals surface area (Å²) in [5.41, 5.74) is 4.56. The predicted molar refractivity (Wildman–Crippen MR) is 142 cm³/mol. The fraction of sp³-hybridized carbons (Fsp3) is 0.481. The van der Waals surface area contributed by atoms with Gasteiger partial charge in [0, 0.05) is 26.1 Å². The van der Waals surface area contributed by atoms with Gasteiger partial charge >= 0.3 is 0 Å². The molecule has 7 nitrogen and oxygen atoms in total. The smallest absolute Gasteiger partial charge is 0.242 e. The molecule has 0 aliphatic rings. The average molecular weight is 502 g/mol. The number of hydrogen-bond acceptors (Lipinski definition) is 4. The average Bonchev–Trinajstić information content (AvgIpc) is 2.78. The van der Waals surface area contributed by atoms with Crippen molar-refractivity contribution in [1.82, 2.24) is 10.2 Å². The molecule has 0 spiro atoms. The standard InChI is InChI=1S/C27H39N3O4S/c1-7-24(27(32)28-8-2)29(19-23-14-9-12-20(3)18-23)26(31)16-11-17-30(35(6,33)34)25-15-10-13-21(4)22(25)5/h9-10,12-15,18,24H,7-8,11,16-17,19H2,1-6H3,(H,28,32). The van der Waals surface area contributed by atoms with Crippen molar-refractivity contribution in [2.24, 2.45) is 0 Å². The van der Waals surface area contributed by atoms with Gasteiger partial charge in [0.15, 0.2) is 0 Å². The van der Waals surface area contributed by atoms with Crippen LogP contribution in [0.1, 0.15) is 55.4 Å². The molecule has 1 N–H and O–H groups in total. The molecule has 2 aromatic rings. The van der Waals surface area contributed by atoms with Crippen LogP contribution in [-0.4, -0.2) is 50.5 Å². The van der Waals surface area contributed by atoms with Crippen LogP contribution in [0.15, 0.2) is 42.5 Å². The van der Waals surface area contributed by atoms with E-state index < -0.39 is 16.1 Å². The Morgan fingerprint density at radius 3 is 2.31 bits per heavy atom. The molecule has 0 saturated carbocycles. The zero-order valence-electron chi connectivity index (χ0n) is 21.8. The minimum atomic E-state index is -3.53. The summed E-state index contributed by atoms with van der Waals surface area (Å²) in [7, 11) is -3.53. The normalized spacial score (nSPS) is 12.2. The Kier molecular flexibility index (Phi) is 10.3. The lowest BCUT2D eigenvalue weighted by Gasteiger charge is -2.31. The topological polar surface area (TPSA) is 86.8 Å². The molecule has 192 valence electrons. The molecule has 0 fully saturated rings. The van der Waals surface area contributed by atoms with Crippen molar-refractivity contribution in [3.05, 3.63) is 64.7 Å². The van der Waals surface area contributed by atoms with Crippen LogP contribution in [0.4, 0.5) is 5.69 Å². The maximum atomic E-state index is 13.4. The van der Waals surface area contributed by atoms with Crippen LogP contribution < -0.4 is 9.62 Å². The molecule has 0 heterocycles. The second-order valence-corrected chi connectivity index (χ2v) is 10.9. The molecule has 0 aliphatic heterocycles. The zero-order chi connectivity index (χ0) is 26.2. The highest BCUT2D eigenvalue weighted by molar-refractivity contribution is 7.92. The zero-order valence-corrected chi connectivity index (χ0v) is 22.6. The number of anilines is 1. The molecule has 1 unspecified atom stereocenters. The number of carbonyl (C=O) groups is 2. The van der Waals surface area contributed by atoms with Gasteiger partial charge in [-0.1, -0.05) is 48.9 Å². The van der Waals surface area contributed by atoms with Crippen LogP contribution in [0, 0.1) is 20.8 Å². The largest absolute Gasteiger partial charge is 0.355 e. The van der Waals surface area contributed by atoms with Crippen LogP contribution in [0.5, 0.6) is 0 Å². The molecule has 0 radical (unpaired) electrons. The number of likely N-dealkylation sites (N-methyl/N-ethyl adjacent to an activating group) is 1. The molecule has 2 rings (SSSR count). The van der Waals surface area contributed by atoms with E-state index in [1.807, 2.05) is 71.0 Å². The maximum Gasteiger partial charge on any atom is 0.242 e. The lowest BCUT2D eigenvalue weighted by molar-refractivity contribution is -0.141. The highest BCUT2D eigenvalue weighted by Gasteiger charge is 2.28. The van der Waals surface area contributed by atoms with Gasteiger partial charge < -0.3 is 10.2 Å². The minimum Gasteiger partial charge on any atom is -0.355 e. The highest BCUT2D eigenvalue weighted by Crippen LogP contribution is 2.25.